The monoisotopic (exact) mass is 435 g/mol. The molecule has 3 rings (SSSR count). The van der Waals surface area contributed by atoms with Crippen molar-refractivity contribution in [2.45, 2.75) is 57.8 Å². The fraction of sp³-hybridized carbons (Fsp3) is 0.545. The van der Waals surface area contributed by atoms with Crippen LogP contribution in [0.1, 0.15) is 50.2 Å². The lowest BCUT2D eigenvalue weighted by atomic mass is 9.95. The first-order valence-corrected chi connectivity index (χ1v) is 10.7. The van der Waals surface area contributed by atoms with Gasteiger partial charge in [0.05, 0.1) is 13.2 Å². The summed E-state index contributed by atoms with van der Waals surface area (Å²) in [5.41, 5.74) is 3.55. The lowest BCUT2D eigenvalue weighted by Crippen LogP contribution is -2.25. The average Bonchev–Trinajstić information content (AvgIpc) is 2.89. The largest absolute Gasteiger partial charge is 0.493 e. The fourth-order valence-corrected chi connectivity index (χ4v) is 4.45. The molecule has 2 heterocycles. The van der Waals surface area contributed by atoms with Crippen LogP contribution in [0.2, 0.25) is 0 Å². The predicted octanol–water partition coefficient (Wildman–Crippen LogP) is 4.94. The zero-order chi connectivity index (χ0) is 19.4. The molecule has 148 valence electrons. The molecule has 1 unspecified atom stereocenters. The predicted molar refractivity (Wildman–Crippen MR) is 113 cm³/mol. The van der Waals surface area contributed by atoms with Crippen LogP contribution in [0.5, 0.6) is 11.5 Å². The smallest absolute Gasteiger partial charge is 0.170 e. The number of hydrogen-bond acceptors (Lipinski definition) is 4. The second kappa shape index (κ2) is 9.26. The highest BCUT2D eigenvalue weighted by Gasteiger charge is 2.37. The van der Waals surface area contributed by atoms with Gasteiger partial charge in [-0.3, -0.25) is 4.90 Å². The average molecular weight is 436 g/mol. The molecule has 1 aromatic rings. The number of ether oxygens (including phenoxy) is 2. The minimum absolute atomic E-state index is 0.171. The lowest BCUT2D eigenvalue weighted by molar-refractivity contribution is 0.155. The van der Waals surface area contributed by atoms with Gasteiger partial charge in [0.1, 0.15) is 6.10 Å². The molecule has 2 atom stereocenters. The summed E-state index contributed by atoms with van der Waals surface area (Å²) in [6, 6.07) is 2.00. The summed E-state index contributed by atoms with van der Waals surface area (Å²) < 4.78 is 12.9. The Balaban J connectivity index is 1.91. The molecule has 0 aromatic heterocycles. The molecule has 2 aliphatic heterocycles. The van der Waals surface area contributed by atoms with E-state index in [4.69, 9.17) is 9.47 Å². The van der Waals surface area contributed by atoms with E-state index >= 15 is 0 Å². The fourth-order valence-electron chi connectivity index (χ4n) is 3.91. The van der Waals surface area contributed by atoms with Crippen molar-refractivity contribution in [2.75, 3.05) is 20.2 Å². The van der Waals surface area contributed by atoms with E-state index in [9.17, 15) is 5.11 Å². The summed E-state index contributed by atoms with van der Waals surface area (Å²) in [6.45, 7) is 8.82. The highest BCUT2D eigenvalue weighted by atomic mass is 79.9. The number of aliphatic hydroxyl groups excluding tert-OH is 1. The number of hydrogen-bond donors (Lipinski definition) is 1. The van der Waals surface area contributed by atoms with E-state index in [1.54, 1.807) is 13.2 Å². The van der Waals surface area contributed by atoms with E-state index in [0.29, 0.717) is 6.42 Å². The van der Waals surface area contributed by atoms with Gasteiger partial charge in [-0.1, -0.05) is 54.3 Å². The molecule has 0 radical (unpaired) electrons. The van der Waals surface area contributed by atoms with Crippen molar-refractivity contribution in [2.24, 2.45) is 0 Å². The van der Waals surface area contributed by atoms with Gasteiger partial charge in [0.2, 0.25) is 0 Å². The van der Waals surface area contributed by atoms with E-state index in [1.807, 2.05) is 6.07 Å². The molecule has 0 saturated carbocycles. The molecule has 0 amide bonds. The molecular weight excluding hydrogens is 406 g/mol. The van der Waals surface area contributed by atoms with Crippen molar-refractivity contribution in [3.63, 3.8) is 0 Å². The number of methoxy groups -OCH3 is 1. The summed E-state index contributed by atoms with van der Waals surface area (Å²) in [5, 5.41) is 10.1. The Morgan fingerprint density at radius 3 is 2.96 bits per heavy atom. The van der Waals surface area contributed by atoms with Gasteiger partial charge in [0.25, 0.3) is 0 Å². The zero-order valence-electron chi connectivity index (χ0n) is 16.3. The lowest BCUT2D eigenvalue weighted by Gasteiger charge is -2.22. The summed E-state index contributed by atoms with van der Waals surface area (Å²) in [5.74, 6) is 1.54. The van der Waals surface area contributed by atoms with Crippen LogP contribution in [-0.4, -0.2) is 42.4 Å². The van der Waals surface area contributed by atoms with Crippen LogP contribution in [0.25, 0.3) is 5.57 Å². The molecule has 2 aliphatic rings. The number of benzene rings is 1. The minimum Gasteiger partial charge on any atom is -0.493 e. The van der Waals surface area contributed by atoms with E-state index in [-0.39, 0.29) is 6.10 Å². The second-order valence-electron chi connectivity index (χ2n) is 7.34. The number of aliphatic hydroxyl groups is 1. The van der Waals surface area contributed by atoms with Crippen LogP contribution >= 0.6 is 15.9 Å². The maximum atomic E-state index is 10.1. The maximum Gasteiger partial charge on any atom is 0.170 e. The molecule has 0 spiro atoms. The zero-order valence-corrected chi connectivity index (χ0v) is 17.9. The van der Waals surface area contributed by atoms with Crippen LogP contribution in [0.4, 0.5) is 0 Å². The van der Waals surface area contributed by atoms with Crippen molar-refractivity contribution in [3.8, 4) is 11.5 Å². The Kier molecular flexibility index (Phi) is 7.01. The summed E-state index contributed by atoms with van der Waals surface area (Å²) in [7, 11) is 1.67. The Bertz CT molecular complexity index is 716. The van der Waals surface area contributed by atoms with Gasteiger partial charge in [0.15, 0.2) is 11.5 Å². The van der Waals surface area contributed by atoms with Crippen LogP contribution in [0.3, 0.4) is 0 Å². The normalized spacial score (nSPS) is 19.7. The van der Waals surface area contributed by atoms with Crippen molar-refractivity contribution in [1.29, 1.82) is 0 Å². The maximum absolute atomic E-state index is 10.1. The third-order valence-electron chi connectivity index (χ3n) is 5.42. The molecule has 0 aliphatic carbocycles. The Hall–Kier alpha value is -1.30. The van der Waals surface area contributed by atoms with E-state index < -0.39 is 6.10 Å². The van der Waals surface area contributed by atoms with Crippen LogP contribution in [0, 0.1) is 0 Å². The number of rotatable bonds is 9. The third-order valence-corrected chi connectivity index (χ3v) is 6.13. The first-order chi connectivity index (χ1) is 13.1. The molecule has 0 fully saturated rings. The highest BCUT2D eigenvalue weighted by molar-refractivity contribution is 9.10. The van der Waals surface area contributed by atoms with Gasteiger partial charge in [0, 0.05) is 35.1 Å². The van der Waals surface area contributed by atoms with E-state index in [0.717, 1.165) is 46.7 Å². The van der Waals surface area contributed by atoms with Crippen LogP contribution in [-0.2, 0) is 6.54 Å². The van der Waals surface area contributed by atoms with Crippen molar-refractivity contribution >= 4 is 21.5 Å². The molecule has 1 N–H and O–H groups in total. The number of unbranched alkanes of at least 4 members (excludes halogenated alkanes) is 3. The van der Waals surface area contributed by atoms with Crippen LogP contribution < -0.4 is 9.47 Å². The number of nitrogens with zero attached hydrogens (tertiary/aromatic N) is 1. The molecule has 0 bridgehead atoms. The topological polar surface area (TPSA) is 41.9 Å². The molecule has 1 aromatic carbocycles. The van der Waals surface area contributed by atoms with Crippen molar-refractivity contribution in [3.05, 3.63) is 40.4 Å². The summed E-state index contributed by atoms with van der Waals surface area (Å²) >= 11 is 3.75. The molecule has 5 heteroatoms. The molecular formula is C22H30BrNO3. The third kappa shape index (κ3) is 4.41. The summed E-state index contributed by atoms with van der Waals surface area (Å²) in [4.78, 5) is 2.49. The summed E-state index contributed by atoms with van der Waals surface area (Å²) in [6.07, 6.45) is 8.64. The second-order valence-corrected chi connectivity index (χ2v) is 8.20. The number of halogens is 1. The van der Waals surface area contributed by atoms with E-state index in [2.05, 4.69) is 40.4 Å². The molecule has 27 heavy (non-hydrogen) atoms. The van der Waals surface area contributed by atoms with Gasteiger partial charge in [-0.05, 0) is 24.6 Å². The first kappa shape index (κ1) is 20.4. The van der Waals surface area contributed by atoms with Crippen LogP contribution in [0.15, 0.2) is 29.3 Å². The quantitative estimate of drug-likeness (QED) is 0.440. The van der Waals surface area contributed by atoms with E-state index in [1.165, 1.54) is 31.2 Å². The Morgan fingerprint density at radius 2 is 2.26 bits per heavy atom. The Labute approximate surface area is 171 Å². The van der Waals surface area contributed by atoms with Gasteiger partial charge >= 0.3 is 0 Å². The van der Waals surface area contributed by atoms with Gasteiger partial charge < -0.3 is 14.6 Å². The minimum atomic E-state index is -0.587. The first-order valence-electron chi connectivity index (χ1n) is 9.88. The van der Waals surface area contributed by atoms with Crippen molar-refractivity contribution in [1.82, 2.24) is 4.90 Å². The molecule has 4 nitrogen and oxygen atoms in total. The Morgan fingerprint density at radius 1 is 1.44 bits per heavy atom. The van der Waals surface area contributed by atoms with Gasteiger partial charge in [-0.2, -0.15) is 0 Å². The van der Waals surface area contributed by atoms with Crippen molar-refractivity contribution < 1.29 is 14.6 Å². The molecule has 0 saturated heterocycles. The highest BCUT2D eigenvalue weighted by Crippen LogP contribution is 2.50. The standard InChI is InChI=1S/C22H30BrNO3/c1-4-6-7-8-10-24-11-9-16-19(12-15(25)5-2)27-22-20(26-3)13-18(23)17(14-24)21(16)22/h5,9,13,15,19,25H,2,4,6-8,10-12,14H2,1,3H3/t15-,19?/m0/s1. The SMILES string of the molecule is C=C[C@H](O)CC1Oc2c(OC)cc(Br)c3c2C1=CCN(CCCCCC)C3. The van der Waals surface area contributed by atoms with Gasteiger partial charge in [-0.25, -0.2) is 0 Å². The van der Waals surface area contributed by atoms with Gasteiger partial charge in [-0.15, -0.1) is 6.58 Å².